The molecule has 382 valence electrons. The highest BCUT2D eigenvalue weighted by Crippen LogP contribution is 2.37. The van der Waals surface area contributed by atoms with Crippen LogP contribution in [0.25, 0.3) is 0 Å². The van der Waals surface area contributed by atoms with Gasteiger partial charge >= 0.3 is 5.97 Å². The summed E-state index contributed by atoms with van der Waals surface area (Å²) in [6.45, 7) is 16.6. The first-order chi connectivity index (χ1) is 33.0. The van der Waals surface area contributed by atoms with Gasteiger partial charge in [0.25, 0.3) is 5.91 Å². The molecule has 0 spiro atoms. The number of benzene rings is 1. The van der Waals surface area contributed by atoms with Crippen LogP contribution in [0.4, 0.5) is 5.69 Å². The topological polar surface area (TPSA) is 138 Å². The van der Waals surface area contributed by atoms with Crippen molar-refractivity contribution in [2.24, 2.45) is 41.4 Å². The summed E-state index contributed by atoms with van der Waals surface area (Å²) in [5.74, 6) is -2.06. The van der Waals surface area contributed by atoms with E-state index in [4.69, 9.17) is 23.8 Å². The number of piperidine rings is 1. The number of hydroxylamine groups is 1. The minimum absolute atomic E-state index is 0.00655. The smallest absolute Gasteiger partial charge is 0.329 e. The van der Waals surface area contributed by atoms with Crippen molar-refractivity contribution >= 4 is 34.9 Å². The van der Waals surface area contributed by atoms with E-state index in [1.165, 1.54) is 4.90 Å². The molecule has 0 radical (unpaired) electrons. The number of hydrogen-bond donors (Lipinski definition) is 0. The molecule has 69 heavy (non-hydrogen) atoms. The largest absolute Gasteiger partial charge is 0.460 e. The molecule has 6 aliphatic rings. The Kier molecular flexibility index (Phi) is 20.0. The van der Waals surface area contributed by atoms with E-state index in [-0.39, 0.29) is 84.9 Å². The molecule has 2 saturated heterocycles. The van der Waals surface area contributed by atoms with E-state index in [2.05, 4.69) is 39.0 Å². The van der Waals surface area contributed by atoms with Crippen molar-refractivity contribution in [2.45, 2.75) is 194 Å². The normalized spacial score (nSPS) is 37.6. The van der Waals surface area contributed by atoms with Gasteiger partial charge in [0.15, 0.2) is 5.78 Å². The third-order valence-corrected chi connectivity index (χ3v) is 16.4. The lowest BCUT2D eigenvalue weighted by molar-refractivity contribution is -0.169. The number of anilines is 1. The second kappa shape index (κ2) is 25.4. The summed E-state index contributed by atoms with van der Waals surface area (Å²) in [5.41, 5.74) is 2.91. The fourth-order valence-electron chi connectivity index (χ4n) is 11.7. The Balaban J connectivity index is 1.29. The number of para-hydroxylation sites is 1. The summed E-state index contributed by atoms with van der Waals surface area (Å²) in [6.07, 6.45) is 14.6. The van der Waals surface area contributed by atoms with Gasteiger partial charge in [-0.05, 0) is 133 Å². The number of allylic oxidation sites excluding steroid dienone is 2. The summed E-state index contributed by atoms with van der Waals surface area (Å²) in [5, 5.41) is 1.97. The van der Waals surface area contributed by atoms with E-state index in [0.717, 1.165) is 61.8 Å². The predicted octanol–water partition coefficient (Wildman–Crippen LogP) is 10.2. The molecule has 5 heterocycles. The van der Waals surface area contributed by atoms with Crippen LogP contribution in [-0.4, -0.2) is 104 Å². The number of carbonyl (C=O) groups is 5. The predicted molar refractivity (Wildman–Crippen MR) is 268 cm³/mol. The third-order valence-electron chi connectivity index (χ3n) is 16.4. The second-order valence-corrected chi connectivity index (χ2v) is 21.7. The lowest BCUT2D eigenvalue weighted by Crippen LogP contribution is -2.55. The number of ether oxygens (including phenoxy) is 4. The molecular weight excluding hydrogens is 873 g/mol. The Hall–Kier alpha value is -3.97. The summed E-state index contributed by atoms with van der Waals surface area (Å²) in [4.78, 5) is 79.3. The van der Waals surface area contributed by atoms with E-state index >= 15 is 0 Å². The minimum atomic E-state index is -0.937. The van der Waals surface area contributed by atoms with Crippen molar-refractivity contribution in [3.05, 3.63) is 65.8 Å². The zero-order chi connectivity index (χ0) is 49.9. The van der Waals surface area contributed by atoms with Gasteiger partial charge in [0, 0.05) is 45.4 Å². The molecule has 4 bridgehead atoms. The van der Waals surface area contributed by atoms with Crippen molar-refractivity contribution in [1.29, 1.82) is 0 Å². The Morgan fingerprint density at radius 2 is 1.55 bits per heavy atom. The van der Waals surface area contributed by atoms with Gasteiger partial charge in [0.1, 0.15) is 36.2 Å². The van der Waals surface area contributed by atoms with E-state index in [0.29, 0.717) is 43.9 Å². The first-order valence-corrected chi connectivity index (χ1v) is 26.3. The number of esters is 1. The van der Waals surface area contributed by atoms with Crippen molar-refractivity contribution in [1.82, 2.24) is 4.90 Å². The molecule has 15 atom stereocenters. The van der Waals surface area contributed by atoms with Gasteiger partial charge in [0.05, 0.1) is 23.9 Å². The summed E-state index contributed by atoms with van der Waals surface area (Å²) in [6, 6.07) is 8.96. The molecule has 5 aliphatic heterocycles. The van der Waals surface area contributed by atoms with Crippen LogP contribution in [0.5, 0.6) is 0 Å². The molecule has 12 heteroatoms. The second-order valence-electron chi connectivity index (χ2n) is 21.7. The number of fused-ring (bicyclic) bond motifs is 16. The SMILES string of the molecule is CO[C@@H]1C[C@H](C[C@@H](C)[C@@H]2CC(=O)C/C=C(\C)[C@@H](C)[C@@H](OC)C(=O)[C@H](C)C[C@H](C)C3C=CC(/C=C(\C)CC[C@@H]4CC[C@@H](C)[C@@H](O4)C(=O)C(=O)N4CCCC[C@H]4C(=O)O2)ON3c2ccccc2)CC[C@H]1C. The molecule has 2 unspecified atom stereocenters. The summed E-state index contributed by atoms with van der Waals surface area (Å²) < 4.78 is 24.7. The average molecular weight is 957 g/mol. The molecule has 3 fully saturated rings. The van der Waals surface area contributed by atoms with E-state index < -0.39 is 42.0 Å². The van der Waals surface area contributed by atoms with E-state index in [9.17, 15) is 24.0 Å². The van der Waals surface area contributed by atoms with Crippen molar-refractivity contribution in [2.75, 3.05) is 25.8 Å². The molecule has 1 aromatic carbocycles. The lowest BCUT2D eigenvalue weighted by Gasteiger charge is -2.40. The number of nitrogens with zero attached hydrogens (tertiary/aromatic N) is 2. The molecular formula is C57H84N2O10. The van der Waals surface area contributed by atoms with Crippen LogP contribution in [0, 0.1) is 41.4 Å². The molecule has 1 aliphatic carbocycles. The number of rotatable bonds is 6. The highest BCUT2D eigenvalue weighted by molar-refractivity contribution is 6.38. The number of ketones is 3. The summed E-state index contributed by atoms with van der Waals surface area (Å²) >= 11 is 0. The van der Waals surface area contributed by atoms with Gasteiger partial charge in [-0.25, -0.2) is 9.86 Å². The van der Waals surface area contributed by atoms with Crippen LogP contribution >= 0.6 is 0 Å². The van der Waals surface area contributed by atoms with Gasteiger partial charge in [-0.1, -0.05) is 95.2 Å². The standard InChI is InChI=1S/C57H84N2O10/c1-35-19-25-46-26-22-38(4)54(67-46)53(62)56(63)58-29-15-14-18-49(58)57(64)68-51(40(6)32-43-23-20-37(3)50(33-43)65-9)34-45(60)24-21-36(2)42(8)55(66-10)52(61)41(7)31-39(5)48-28-27-47(30-35)69-59(48)44-16-12-11-13-17-44/h11-13,16-17,21,27-28,30,37-43,46-51,54-55H,14-15,18-20,22-26,29,31-34H2,1-10H3/b35-30+,36-21+/t37-,38-,39+,40-,41-,42-,43+,46-,47?,48?,49+,50-,51+,54-,55-/m1/s1. The molecule has 12 nitrogen and oxygen atoms in total. The number of amides is 1. The van der Waals surface area contributed by atoms with Crippen molar-refractivity contribution in [3.8, 4) is 0 Å². The quantitative estimate of drug-likeness (QED) is 0.153. The fourth-order valence-corrected chi connectivity index (χ4v) is 11.7. The zero-order valence-corrected chi connectivity index (χ0v) is 43.4. The van der Waals surface area contributed by atoms with Gasteiger partial charge in [-0.2, -0.15) is 0 Å². The maximum atomic E-state index is 14.4. The Morgan fingerprint density at radius 3 is 2.28 bits per heavy atom. The molecule has 1 aromatic rings. The number of hydrogen-bond acceptors (Lipinski definition) is 11. The maximum absolute atomic E-state index is 14.4. The minimum Gasteiger partial charge on any atom is -0.460 e. The van der Waals surface area contributed by atoms with Crippen LogP contribution in [-0.2, 0) is 47.8 Å². The first-order valence-electron chi connectivity index (χ1n) is 26.3. The molecule has 0 aromatic heterocycles. The molecule has 7 rings (SSSR count). The number of carbonyl (C=O) groups excluding carboxylic acids is 5. The van der Waals surface area contributed by atoms with Gasteiger partial charge < -0.3 is 23.8 Å². The van der Waals surface area contributed by atoms with Gasteiger partial charge in [-0.3, -0.25) is 24.0 Å². The van der Waals surface area contributed by atoms with E-state index in [1.54, 1.807) is 14.2 Å². The number of methoxy groups -OCH3 is 2. The van der Waals surface area contributed by atoms with Crippen LogP contribution in [0.15, 0.2) is 65.8 Å². The van der Waals surface area contributed by atoms with Crippen molar-refractivity contribution < 1.29 is 47.8 Å². The molecule has 0 N–H and O–H groups in total. The monoisotopic (exact) mass is 957 g/mol. The van der Waals surface area contributed by atoms with Crippen LogP contribution in [0.1, 0.15) is 145 Å². The molecule has 1 amide bonds. The first kappa shape index (κ1) is 54.4. The highest BCUT2D eigenvalue weighted by atomic mass is 16.7. The van der Waals surface area contributed by atoms with E-state index in [1.807, 2.05) is 76.1 Å². The molecule has 1 saturated carbocycles. The zero-order valence-electron chi connectivity index (χ0n) is 43.4. The highest BCUT2D eigenvalue weighted by Gasteiger charge is 2.44. The average Bonchev–Trinajstić information content (AvgIpc) is 3.35. The van der Waals surface area contributed by atoms with Crippen molar-refractivity contribution in [3.63, 3.8) is 0 Å². The lowest BCUT2D eigenvalue weighted by atomic mass is 9.76. The van der Waals surface area contributed by atoms with Crippen LogP contribution in [0.2, 0.25) is 0 Å². The van der Waals surface area contributed by atoms with Crippen LogP contribution in [0.3, 0.4) is 0 Å². The summed E-state index contributed by atoms with van der Waals surface area (Å²) in [7, 11) is 3.33. The third kappa shape index (κ3) is 14.1. The van der Waals surface area contributed by atoms with Gasteiger partial charge in [0.2, 0.25) is 5.78 Å². The van der Waals surface area contributed by atoms with Crippen LogP contribution < -0.4 is 5.06 Å². The Morgan fingerprint density at radius 1 is 0.812 bits per heavy atom. The maximum Gasteiger partial charge on any atom is 0.329 e. The van der Waals surface area contributed by atoms with Gasteiger partial charge in [-0.15, -0.1) is 0 Å². The fraction of sp³-hybridized carbons (Fsp3) is 0.702. The number of Topliss-reactive ketones (excluding diaryl/α,β-unsaturated/α-hetero) is 3. The Labute approximate surface area is 413 Å². The Bertz CT molecular complexity index is 2000.